The molecule has 2 unspecified atom stereocenters. The molecular formula is C20H25N2O2+. The molecule has 1 aromatic carbocycles. The Morgan fingerprint density at radius 2 is 2.21 bits per heavy atom. The topological polar surface area (TPSA) is 41.5 Å². The molecule has 1 aliphatic carbocycles. The summed E-state index contributed by atoms with van der Waals surface area (Å²) in [5.41, 5.74) is 4.46. The van der Waals surface area contributed by atoms with Gasteiger partial charge in [0.25, 0.3) is 0 Å². The van der Waals surface area contributed by atoms with Crippen LogP contribution in [0, 0.1) is 11.8 Å². The highest BCUT2D eigenvalue weighted by molar-refractivity contribution is 5.64. The number of quaternary nitrogens is 1. The average molecular weight is 325 g/mol. The van der Waals surface area contributed by atoms with Crippen molar-refractivity contribution in [3.63, 3.8) is 0 Å². The van der Waals surface area contributed by atoms with Crippen LogP contribution in [0.15, 0.2) is 35.9 Å². The first-order valence-electron chi connectivity index (χ1n) is 9.32. The number of anilines is 1. The van der Waals surface area contributed by atoms with Gasteiger partial charge in [-0.05, 0) is 17.2 Å². The van der Waals surface area contributed by atoms with Crippen LogP contribution in [0.4, 0.5) is 5.69 Å². The molecule has 2 bridgehead atoms. The summed E-state index contributed by atoms with van der Waals surface area (Å²) < 4.78 is 6.96. The van der Waals surface area contributed by atoms with Gasteiger partial charge in [-0.15, -0.1) is 0 Å². The van der Waals surface area contributed by atoms with Crippen LogP contribution >= 0.6 is 0 Å². The third-order valence-electron chi connectivity index (χ3n) is 7.97. The molecule has 2 N–H and O–H groups in total. The van der Waals surface area contributed by atoms with E-state index in [-0.39, 0.29) is 17.4 Å². The molecule has 4 aliphatic heterocycles. The van der Waals surface area contributed by atoms with E-state index in [0.717, 1.165) is 11.0 Å². The van der Waals surface area contributed by atoms with E-state index in [1.54, 1.807) is 0 Å². The minimum Gasteiger partial charge on any atom is -0.380 e. The molecule has 1 spiro atoms. The van der Waals surface area contributed by atoms with Crippen LogP contribution in [0.25, 0.3) is 0 Å². The maximum Gasteiger partial charge on any atom is 0.160 e. The summed E-state index contributed by atoms with van der Waals surface area (Å²) in [6.07, 6.45) is 4.01. The second-order valence-electron chi connectivity index (χ2n) is 8.76. The molecule has 0 radical (unpaired) electrons. The number of nitrogens with one attached hydrogen (secondary N) is 1. The van der Waals surface area contributed by atoms with Crippen molar-refractivity contribution in [3.05, 3.63) is 41.5 Å². The lowest BCUT2D eigenvalue weighted by molar-refractivity contribution is -0.925. The molecule has 5 aliphatic rings. The lowest BCUT2D eigenvalue weighted by Crippen LogP contribution is -2.68. The van der Waals surface area contributed by atoms with Gasteiger partial charge in [0.1, 0.15) is 12.6 Å². The van der Waals surface area contributed by atoms with Crippen molar-refractivity contribution in [3.8, 4) is 0 Å². The molecule has 1 saturated carbocycles. The van der Waals surface area contributed by atoms with Gasteiger partial charge in [-0.2, -0.15) is 0 Å². The molecule has 1 aromatic rings. The lowest BCUT2D eigenvalue weighted by Gasteiger charge is -2.56. The molecule has 4 nitrogen and oxygen atoms in total. The highest BCUT2D eigenvalue weighted by Gasteiger charge is 2.71. The van der Waals surface area contributed by atoms with Crippen LogP contribution in [0.3, 0.4) is 0 Å². The average Bonchev–Trinajstić information content (AvgIpc) is 3.02. The summed E-state index contributed by atoms with van der Waals surface area (Å²) >= 11 is 0. The standard InChI is InChI=1S/C20H25N2O2/c1-22-8-7-20-14-4-2-3-5-15(14)21-18(20)17-13(10-16(20)22)12(11-22)6-9-24-19(17)23/h2-6,13,16-19,21,23H,7-11H2,1H3/q+1/t13-,16-,17+,18-,19+,20?,22?/m0/s1. The normalized spacial score (nSPS) is 50.4. The van der Waals surface area contributed by atoms with E-state index in [9.17, 15) is 5.11 Å². The van der Waals surface area contributed by atoms with Gasteiger partial charge in [-0.25, -0.2) is 0 Å². The number of benzene rings is 1. The van der Waals surface area contributed by atoms with E-state index < -0.39 is 6.29 Å². The first-order chi connectivity index (χ1) is 11.6. The molecule has 24 heavy (non-hydrogen) atoms. The fraction of sp³-hybridized carbons (Fsp3) is 0.600. The zero-order valence-corrected chi connectivity index (χ0v) is 14.1. The second kappa shape index (κ2) is 4.24. The van der Waals surface area contributed by atoms with Crippen LogP contribution < -0.4 is 5.32 Å². The third kappa shape index (κ3) is 1.39. The van der Waals surface area contributed by atoms with Crippen molar-refractivity contribution in [1.82, 2.24) is 0 Å². The Balaban J connectivity index is 1.61. The van der Waals surface area contributed by atoms with Crippen LogP contribution in [0.1, 0.15) is 18.4 Å². The first-order valence-corrected chi connectivity index (χ1v) is 9.32. The fourth-order valence-electron chi connectivity index (χ4n) is 7.08. The van der Waals surface area contributed by atoms with Crippen LogP contribution in [0.2, 0.25) is 0 Å². The largest absolute Gasteiger partial charge is 0.380 e. The number of piperidine rings is 1. The Hall–Kier alpha value is -1.36. The quantitative estimate of drug-likeness (QED) is 0.565. The van der Waals surface area contributed by atoms with Crippen LogP contribution in [-0.4, -0.2) is 54.7 Å². The summed E-state index contributed by atoms with van der Waals surface area (Å²) in [5, 5.41) is 14.7. The van der Waals surface area contributed by atoms with Gasteiger partial charge in [0, 0.05) is 30.4 Å². The molecule has 4 heteroatoms. The Morgan fingerprint density at radius 1 is 1.33 bits per heavy atom. The second-order valence-corrected chi connectivity index (χ2v) is 8.76. The van der Waals surface area contributed by atoms with E-state index >= 15 is 0 Å². The van der Waals surface area contributed by atoms with Gasteiger partial charge in [-0.3, -0.25) is 0 Å². The van der Waals surface area contributed by atoms with Gasteiger partial charge in [-0.1, -0.05) is 24.3 Å². The number of aliphatic hydroxyl groups excluding tert-OH is 1. The Kier molecular flexibility index (Phi) is 2.45. The van der Waals surface area contributed by atoms with E-state index in [4.69, 9.17) is 4.74 Å². The molecule has 0 aromatic heterocycles. The number of hydrogen-bond acceptors (Lipinski definition) is 3. The van der Waals surface area contributed by atoms with E-state index in [0.29, 0.717) is 18.6 Å². The zero-order chi connectivity index (χ0) is 16.1. The van der Waals surface area contributed by atoms with E-state index in [1.807, 2.05) is 0 Å². The highest BCUT2D eigenvalue weighted by atomic mass is 16.6. The number of hydrogen-bond donors (Lipinski definition) is 2. The third-order valence-corrected chi connectivity index (χ3v) is 7.97. The molecule has 7 atom stereocenters. The number of para-hydroxylation sites is 1. The predicted molar refractivity (Wildman–Crippen MR) is 91.5 cm³/mol. The molecule has 3 fully saturated rings. The molecular weight excluding hydrogens is 300 g/mol. The first kappa shape index (κ1) is 13.9. The minimum atomic E-state index is -0.661. The highest BCUT2D eigenvalue weighted by Crippen LogP contribution is 2.63. The maximum absolute atomic E-state index is 10.8. The van der Waals surface area contributed by atoms with Gasteiger partial charge in [0.15, 0.2) is 6.29 Å². The number of likely N-dealkylation sites (N-methyl/N-ethyl adjacent to an activating group) is 1. The summed E-state index contributed by atoms with van der Waals surface area (Å²) in [5.74, 6) is 0.631. The van der Waals surface area contributed by atoms with Gasteiger partial charge in [0.2, 0.25) is 0 Å². The summed E-state index contributed by atoms with van der Waals surface area (Å²) in [7, 11) is 2.46. The molecule has 0 amide bonds. The smallest absolute Gasteiger partial charge is 0.160 e. The fourth-order valence-corrected chi connectivity index (χ4v) is 7.08. The predicted octanol–water partition coefficient (Wildman–Crippen LogP) is 1.86. The van der Waals surface area contributed by atoms with Crippen molar-refractivity contribution in [2.24, 2.45) is 11.8 Å². The molecule has 126 valence electrons. The number of rotatable bonds is 0. The number of fused-ring (bicyclic) bond motifs is 2. The summed E-state index contributed by atoms with van der Waals surface area (Å²) in [4.78, 5) is 0. The monoisotopic (exact) mass is 325 g/mol. The van der Waals surface area contributed by atoms with Crippen molar-refractivity contribution in [2.75, 3.05) is 32.1 Å². The van der Waals surface area contributed by atoms with Crippen molar-refractivity contribution in [2.45, 2.75) is 36.6 Å². The SMILES string of the molecule is C[N+]12CCC34c5ccccc5N[C@H]3[C@@H]3[C@H](O)OCC=C(C1)[C@@H]3C[C@@H]42. The van der Waals surface area contributed by atoms with Crippen molar-refractivity contribution >= 4 is 5.69 Å². The summed E-state index contributed by atoms with van der Waals surface area (Å²) in [6.45, 7) is 2.93. The number of nitrogens with zero attached hydrogens (tertiary/aromatic N) is 1. The maximum atomic E-state index is 10.8. The lowest BCUT2D eigenvalue weighted by atomic mass is 9.55. The van der Waals surface area contributed by atoms with Crippen LogP contribution in [-0.2, 0) is 10.2 Å². The Bertz CT molecular complexity index is 762. The Morgan fingerprint density at radius 3 is 3.12 bits per heavy atom. The number of ether oxygens (including phenoxy) is 1. The zero-order valence-electron chi connectivity index (χ0n) is 14.1. The van der Waals surface area contributed by atoms with E-state index in [2.05, 4.69) is 42.7 Å². The minimum absolute atomic E-state index is 0.159. The van der Waals surface area contributed by atoms with Crippen molar-refractivity contribution < 1.29 is 14.3 Å². The number of aliphatic hydroxyl groups is 1. The van der Waals surface area contributed by atoms with Crippen LogP contribution in [0.5, 0.6) is 0 Å². The van der Waals surface area contributed by atoms with E-state index in [1.165, 1.54) is 36.2 Å². The Labute approximate surface area is 142 Å². The van der Waals surface area contributed by atoms with Crippen molar-refractivity contribution in [1.29, 1.82) is 0 Å². The summed E-state index contributed by atoms with van der Waals surface area (Å²) in [6, 6.07) is 9.79. The molecule has 4 heterocycles. The van der Waals surface area contributed by atoms with Gasteiger partial charge >= 0.3 is 0 Å². The molecule has 6 rings (SSSR count). The molecule has 2 saturated heterocycles. The van der Waals surface area contributed by atoms with Gasteiger partial charge < -0.3 is 19.6 Å². The van der Waals surface area contributed by atoms with Gasteiger partial charge in [0.05, 0.1) is 31.7 Å².